The molecule has 0 aliphatic heterocycles. The van der Waals surface area contributed by atoms with Crippen molar-refractivity contribution >= 4 is 5.91 Å². The number of hydrogen-bond acceptors (Lipinski definition) is 5. The fraction of sp³-hybridized carbons (Fsp3) is 0.500. The Balaban J connectivity index is 1.49. The molecule has 6 heteroatoms. The molecule has 128 valence electrons. The van der Waals surface area contributed by atoms with Crippen LogP contribution in [0.2, 0.25) is 0 Å². The van der Waals surface area contributed by atoms with Crippen molar-refractivity contribution in [1.82, 2.24) is 15.5 Å². The third-order valence-electron chi connectivity index (χ3n) is 4.37. The molecule has 1 saturated carbocycles. The standard InChI is InChI=1S/C18H23N3O3/c1-12-5-3-4-6-16(12)23-11-18-21-20-17(24-18)10-14-7-8-15(9-14)19-13(2)22/h3-6,14-15H,7-11H2,1-2H3,(H,19,22)/t14-,15+/m1/s1. The fourth-order valence-electron chi connectivity index (χ4n) is 3.21. The van der Waals surface area contributed by atoms with Crippen molar-refractivity contribution in [3.05, 3.63) is 41.6 Å². The van der Waals surface area contributed by atoms with Gasteiger partial charge >= 0.3 is 0 Å². The van der Waals surface area contributed by atoms with Crippen LogP contribution in [0.25, 0.3) is 0 Å². The normalized spacial score (nSPS) is 20.1. The molecule has 0 saturated heterocycles. The minimum Gasteiger partial charge on any atom is -0.484 e. The topological polar surface area (TPSA) is 77.2 Å². The maximum atomic E-state index is 11.1. The number of carbonyl (C=O) groups is 1. The minimum atomic E-state index is 0.0362. The third kappa shape index (κ3) is 4.34. The molecule has 1 heterocycles. The molecule has 0 unspecified atom stereocenters. The van der Waals surface area contributed by atoms with Gasteiger partial charge in [-0.05, 0) is 43.7 Å². The zero-order valence-electron chi connectivity index (χ0n) is 14.1. The van der Waals surface area contributed by atoms with Crippen LogP contribution in [0.3, 0.4) is 0 Å². The highest BCUT2D eigenvalue weighted by Gasteiger charge is 2.26. The van der Waals surface area contributed by atoms with E-state index in [-0.39, 0.29) is 18.6 Å². The number of amides is 1. The van der Waals surface area contributed by atoms with E-state index in [1.807, 2.05) is 31.2 Å². The second-order valence-electron chi connectivity index (χ2n) is 6.42. The largest absolute Gasteiger partial charge is 0.484 e. The van der Waals surface area contributed by atoms with E-state index >= 15 is 0 Å². The summed E-state index contributed by atoms with van der Waals surface area (Å²) in [6.07, 6.45) is 3.81. The van der Waals surface area contributed by atoms with Crippen LogP contribution in [0.15, 0.2) is 28.7 Å². The molecule has 24 heavy (non-hydrogen) atoms. The lowest BCUT2D eigenvalue weighted by Gasteiger charge is -2.10. The van der Waals surface area contributed by atoms with Crippen molar-refractivity contribution in [3.63, 3.8) is 0 Å². The summed E-state index contributed by atoms with van der Waals surface area (Å²) >= 11 is 0. The van der Waals surface area contributed by atoms with E-state index in [1.54, 1.807) is 6.92 Å². The van der Waals surface area contributed by atoms with Crippen molar-refractivity contribution in [3.8, 4) is 5.75 Å². The number of hydrogen-bond donors (Lipinski definition) is 1. The number of carbonyl (C=O) groups excluding carboxylic acids is 1. The van der Waals surface area contributed by atoms with Gasteiger partial charge in [-0.2, -0.15) is 0 Å². The van der Waals surface area contributed by atoms with Crippen LogP contribution in [0.4, 0.5) is 0 Å². The summed E-state index contributed by atoms with van der Waals surface area (Å²) in [6.45, 7) is 3.84. The quantitative estimate of drug-likeness (QED) is 0.882. The molecule has 0 spiro atoms. The van der Waals surface area contributed by atoms with Crippen LogP contribution >= 0.6 is 0 Å². The molecular formula is C18H23N3O3. The van der Waals surface area contributed by atoms with E-state index in [9.17, 15) is 4.79 Å². The van der Waals surface area contributed by atoms with Gasteiger partial charge < -0.3 is 14.5 Å². The summed E-state index contributed by atoms with van der Waals surface area (Å²) in [5.74, 6) is 2.48. The fourth-order valence-corrected chi connectivity index (χ4v) is 3.21. The molecule has 6 nitrogen and oxygen atoms in total. The molecule has 1 aromatic heterocycles. The predicted octanol–water partition coefficient (Wildman–Crippen LogP) is 2.80. The zero-order chi connectivity index (χ0) is 16.9. The van der Waals surface area contributed by atoms with Gasteiger partial charge in [-0.1, -0.05) is 18.2 Å². The molecule has 0 radical (unpaired) electrons. The van der Waals surface area contributed by atoms with Crippen LogP contribution in [0, 0.1) is 12.8 Å². The molecule has 1 aromatic carbocycles. The van der Waals surface area contributed by atoms with Gasteiger partial charge in [0, 0.05) is 19.4 Å². The second kappa shape index (κ2) is 7.47. The Labute approximate surface area is 141 Å². The number of aromatic nitrogens is 2. The van der Waals surface area contributed by atoms with E-state index in [4.69, 9.17) is 9.15 Å². The molecule has 1 aliphatic rings. The number of nitrogens with zero attached hydrogens (tertiary/aromatic N) is 2. The van der Waals surface area contributed by atoms with Crippen LogP contribution in [0.5, 0.6) is 5.75 Å². The van der Waals surface area contributed by atoms with E-state index in [1.165, 1.54) is 0 Å². The Morgan fingerprint density at radius 1 is 1.29 bits per heavy atom. The Bertz CT molecular complexity index is 698. The SMILES string of the molecule is CC(=O)N[C@H]1CC[C@@H](Cc2nnc(COc3ccccc3C)o2)C1. The van der Waals surface area contributed by atoms with E-state index in [2.05, 4.69) is 15.5 Å². The van der Waals surface area contributed by atoms with Crippen LogP contribution in [0.1, 0.15) is 43.5 Å². The number of rotatable bonds is 6. The van der Waals surface area contributed by atoms with Crippen LogP contribution < -0.4 is 10.1 Å². The summed E-state index contributed by atoms with van der Waals surface area (Å²) in [4.78, 5) is 11.1. The van der Waals surface area contributed by atoms with Crippen LogP contribution in [-0.4, -0.2) is 22.1 Å². The van der Waals surface area contributed by atoms with Crippen molar-refractivity contribution in [2.24, 2.45) is 5.92 Å². The monoisotopic (exact) mass is 329 g/mol. The molecule has 3 rings (SSSR count). The Hall–Kier alpha value is -2.37. The Kier molecular flexibility index (Phi) is 5.13. The lowest BCUT2D eigenvalue weighted by molar-refractivity contribution is -0.119. The zero-order valence-corrected chi connectivity index (χ0v) is 14.1. The van der Waals surface area contributed by atoms with Gasteiger partial charge in [0.2, 0.25) is 11.8 Å². The first kappa shape index (κ1) is 16.5. The predicted molar refractivity (Wildman–Crippen MR) is 88.5 cm³/mol. The highest BCUT2D eigenvalue weighted by molar-refractivity contribution is 5.73. The maximum absolute atomic E-state index is 11.1. The van der Waals surface area contributed by atoms with Gasteiger partial charge in [-0.15, -0.1) is 10.2 Å². The second-order valence-corrected chi connectivity index (χ2v) is 6.42. The Morgan fingerprint density at radius 3 is 2.88 bits per heavy atom. The Morgan fingerprint density at radius 2 is 2.08 bits per heavy atom. The molecule has 1 fully saturated rings. The number of nitrogens with one attached hydrogen (secondary N) is 1. The van der Waals surface area contributed by atoms with Gasteiger partial charge in [-0.3, -0.25) is 4.79 Å². The van der Waals surface area contributed by atoms with Gasteiger partial charge in [0.1, 0.15) is 5.75 Å². The molecule has 1 N–H and O–H groups in total. The van der Waals surface area contributed by atoms with E-state index < -0.39 is 0 Å². The summed E-state index contributed by atoms with van der Waals surface area (Å²) in [5.41, 5.74) is 1.08. The molecule has 2 aromatic rings. The number of aryl methyl sites for hydroxylation is 1. The first-order chi connectivity index (χ1) is 11.6. The van der Waals surface area contributed by atoms with Gasteiger partial charge in [0.05, 0.1) is 0 Å². The van der Waals surface area contributed by atoms with Crippen molar-refractivity contribution in [1.29, 1.82) is 0 Å². The van der Waals surface area contributed by atoms with E-state index in [0.717, 1.165) is 37.0 Å². The number of ether oxygens (including phenoxy) is 1. The highest BCUT2D eigenvalue weighted by Crippen LogP contribution is 2.28. The van der Waals surface area contributed by atoms with Crippen molar-refractivity contribution in [2.75, 3.05) is 0 Å². The van der Waals surface area contributed by atoms with Crippen molar-refractivity contribution < 1.29 is 13.9 Å². The van der Waals surface area contributed by atoms with Gasteiger partial charge in [0.15, 0.2) is 6.61 Å². The molecule has 2 atom stereocenters. The average molecular weight is 329 g/mol. The summed E-state index contributed by atoms with van der Waals surface area (Å²) in [6, 6.07) is 8.11. The van der Waals surface area contributed by atoms with Gasteiger partial charge in [-0.25, -0.2) is 0 Å². The smallest absolute Gasteiger partial charge is 0.253 e. The maximum Gasteiger partial charge on any atom is 0.253 e. The summed E-state index contributed by atoms with van der Waals surface area (Å²) in [7, 11) is 0. The first-order valence-electron chi connectivity index (χ1n) is 8.37. The molecule has 1 aliphatic carbocycles. The lowest BCUT2D eigenvalue weighted by atomic mass is 10.0. The number of benzene rings is 1. The first-order valence-corrected chi connectivity index (χ1v) is 8.37. The lowest BCUT2D eigenvalue weighted by Crippen LogP contribution is -2.30. The van der Waals surface area contributed by atoms with E-state index in [0.29, 0.717) is 17.7 Å². The van der Waals surface area contributed by atoms with Crippen LogP contribution in [-0.2, 0) is 17.8 Å². The van der Waals surface area contributed by atoms with Gasteiger partial charge in [0.25, 0.3) is 5.89 Å². The molecule has 0 bridgehead atoms. The average Bonchev–Trinajstić information content (AvgIpc) is 3.16. The third-order valence-corrected chi connectivity index (χ3v) is 4.37. The molecular weight excluding hydrogens is 306 g/mol. The minimum absolute atomic E-state index is 0.0362. The summed E-state index contributed by atoms with van der Waals surface area (Å²) in [5, 5.41) is 11.2. The molecule has 1 amide bonds. The number of para-hydroxylation sites is 1. The summed E-state index contributed by atoms with van der Waals surface area (Å²) < 4.78 is 11.4. The van der Waals surface area contributed by atoms with Crippen molar-refractivity contribution in [2.45, 2.75) is 52.2 Å². The highest BCUT2D eigenvalue weighted by atomic mass is 16.5.